The molecule has 0 aromatic carbocycles. The van der Waals surface area contributed by atoms with Gasteiger partial charge < -0.3 is 0 Å². The first-order valence-electron chi connectivity index (χ1n) is 6.66. The van der Waals surface area contributed by atoms with E-state index in [0.29, 0.717) is 5.92 Å². The van der Waals surface area contributed by atoms with E-state index in [4.69, 9.17) is 0 Å². The minimum atomic E-state index is -0.976. The molecule has 2 nitrogen and oxygen atoms in total. The summed E-state index contributed by atoms with van der Waals surface area (Å²) >= 11 is 1.54. The average Bonchev–Trinajstić information content (AvgIpc) is 2.98. The van der Waals surface area contributed by atoms with E-state index in [1.165, 1.54) is 30.6 Å². The molecule has 1 unspecified atom stereocenters. The van der Waals surface area contributed by atoms with Gasteiger partial charge in [0.25, 0.3) is 0 Å². The number of carbonyl (C=O) groups excluding carboxylic acids is 1. The minimum absolute atomic E-state index is 0.0519. The quantitative estimate of drug-likeness (QED) is 0.750. The number of hydrogen-bond acceptors (Lipinski definition) is 3. The van der Waals surface area contributed by atoms with Gasteiger partial charge in [0.1, 0.15) is 0 Å². The van der Waals surface area contributed by atoms with Crippen molar-refractivity contribution in [2.75, 3.05) is 11.5 Å². The molecule has 1 fully saturated rings. The Bertz CT molecular complexity index is 431. The number of thiophene rings is 1. The van der Waals surface area contributed by atoms with Crippen molar-refractivity contribution in [1.82, 2.24) is 0 Å². The van der Waals surface area contributed by atoms with Crippen LogP contribution in [0.1, 0.15) is 47.2 Å². The van der Waals surface area contributed by atoms with E-state index in [0.717, 1.165) is 17.1 Å². The van der Waals surface area contributed by atoms with Gasteiger partial charge in [-0.3, -0.25) is 9.00 Å². The molecule has 1 atom stereocenters. The summed E-state index contributed by atoms with van der Waals surface area (Å²) in [5.74, 6) is 1.57. The van der Waals surface area contributed by atoms with Gasteiger partial charge in [-0.1, -0.05) is 19.8 Å². The molecule has 1 saturated carbocycles. The number of carbonyl (C=O) groups is 1. The molecule has 1 aliphatic carbocycles. The van der Waals surface area contributed by atoms with Crippen LogP contribution in [0, 0.1) is 5.92 Å². The van der Waals surface area contributed by atoms with E-state index < -0.39 is 10.8 Å². The van der Waals surface area contributed by atoms with E-state index in [9.17, 15) is 9.00 Å². The molecule has 0 aliphatic heterocycles. The fourth-order valence-electron chi connectivity index (χ4n) is 2.43. The molecular formula is C14H20O2S2. The number of aryl methyl sites for hydroxylation is 1. The van der Waals surface area contributed by atoms with Crippen molar-refractivity contribution >= 4 is 27.9 Å². The van der Waals surface area contributed by atoms with Gasteiger partial charge in [0.05, 0.1) is 10.6 Å². The van der Waals surface area contributed by atoms with E-state index in [1.54, 1.807) is 11.3 Å². The van der Waals surface area contributed by atoms with Crippen molar-refractivity contribution in [3.05, 3.63) is 21.9 Å². The number of Topliss-reactive ketones (excluding diaryl/α,β-unsaturated/α-hetero) is 1. The Hall–Kier alpha value is -0.480. The van der Waals surface area contributed by atoms with Crippen molar-refractivity contribution in [2.24, 2.45) is 5.92 Å². The summed E-state index contributed by atoms with van der Waals surface area (Å²) < 4.78 is 12.0. The Morgan fingerprint density at radius 3 is 2.72 bits per heavy atom. The number of rotatable bonds is 6. The molecule has 2 rings (SSSR count). The summed E-state index contributed by atoms with van der Waals surface area (Å²) in [4.78, 5) is 14.0. The lowest BCUT2D eigenvalue weighted by atomic mass is 10.1. The molecule has 18 heavy (non-hydrogen) atoms. The second-order valence-electron chi connectivity index (χ2n) is 4.94. The zero-order valence-corrected chi connectivity index (χ0v) is 12.4. The zero-order valence-electron chi connectivity index (χ0n) is 10.8. The predicted octanol–water partition coefficient (Wildman–Crippen LogP) is 3.43. The van der Waals surface area contributed by atoms with Gasteiger partial charge in [0.2, 0.25) is 0 Å². The van der Waals surface area contributed by atoms with Crippen molar-refractivity contribution in [3.63, 3.8) is 0 Å². The standard InChI is InChI=1S/C14H20O2S2/c1-2-12-7-8-14(17-12)13(15)10-18(16)9-11-5-3-4-6-11/h7-8,11H,2-6,9-10H2,1H3. The highest BCUT2D eigenvalue weighted by Crippen LogP contribution is 2.25. The highest BCUT2D eigenvalue weighted by molar-refractivity contribution is 7.85. The Morgan fingerprint density at radius 2 is 2.11 bits per heavy atom. The second-order valence-corrected chi connectivity index (χ2v) is 7.61. The average molecular weight is 284 g/mol. The predicted molar refractivity (Wildman–Crippen MR) is 77.9 cm³/mol. The molecular weight excluding hydrogens is 264 g/mol. The van der Waals surface area contributed by atoms with Crippen LogP contribution in [-0.2, 0) is 17.2 Å². The van der Waals surface area contributed by atoms with Gasteiger partial charge in [-0.2, -0.15) is 0 Å². The third kappa shape index (κ3) is 3.75. The highest BCUT2D eigenvalue weighted by atomic mass is 32.2. The molecule has 0 bridgehead atoms. The van der Waals surface area contributed by atoms with Crippen LogP contribution in [0.2, 0.25) is 0 Å². The summed E-state index contributed by atoms with van der Waals surface area (Å²) in [6.07, 6.45) is 5.88. The van der Waals surface area contributed by atoms with Gasteiger partial charge >= 0.3 is 0 Å². The van der Waals surface area contributed by atoms with Crippen LogP contribution in [0.3, 0.4) is 0 Å². The molecule has 100 valence electrons. The van der Waals surface area contributed by atoms with E-state index in [1.807, 2.05) is 12.1 Å². The van der Waals surface area contributed by atoms with E-state index >= 15 is 0 Å². The minimum Gasteiger partial charge on any atom is -0.292 e. The molecule has 0 radical (unpaired) electrons. The Labute approximate surface area is 115 Å². The molecule has 1 aliphatic rings. The second kappa shape index (κ2) is 6.62. The maximum absolute atomic E-state index is 12.0. The van der Waals surface area contributed by atoms with Crippen LogP contribution in [0.5, 0.6) is 0 Å². The van der Waals surface area contributed by atoms with Crippen LogP contribution in [0.15, 0.2) is 12.1 Å². The molecule has 0 saturated heterocycles. The van der Waals surface area contributed by atoms with E-state index in [2.05, 4.69) is 6.92 Å². The molecule has 0 amide bonds. The normalized spacial score (nSPS) is 18.1. The van der Waals surface area contributed by atoms with Gasteiger partial charge in [0, 0.05) is 21.4 Å². The number of hydrogen-bond donors (Lipinski definition) is 0. The molecule has 1 heterocycles. The van der Waals surface area contributed by atoms with Crippen LogP contribution >= 0.6 is 11.3 Å². The Morgan fingerprint density at radius 1 is 1.39 bits per heavy atom. The summed E-state index contributed by atoms with van der Waals surface area (Å²) in [6.45, 7) is 2.08. The maximum atomic E-state index is 12.0. The molecule has 0 spiro atoms. The largest absolute Gasteiger partial charge is 0.292 e. The van der Waals surface area contributed by atoms with Gasteiger partial charge in [0.15, 0.2) is 5.78 Å². The van der Waals surface area contributed by atoms with Crippen LogP contribution in [-0.4, -0.2) is 21.5 Å². The van der Waals surface area contributed by atoms with E-state index in [-0.39, 0.29) is 11.5 Å². The van der Waals surface area contributed by atoms with Crippen molar-refractivity contribution < 1.29 is 9.00 Å². The fourth-order valence-corrected chi connectivity index (χ4v) is 4.84. The first-order chi connectivity index (χ1) is 8.69. The first-order valence-corrected chi connectivity index (χ1v) is 8.96. The summed E-state index contributed by atoms with van der Waals surface area (Å²) in [6, 6.07) is 3.87. The topological polar surface area (TPSA) is 34.1 Å². The smallest absolute Gasteiger partial charge is 0.185 e. The molecule has 1 aromatic rings. The molecule has 1 aromatic heterocycles. The van der Waals surface area contributed by atoms with Gasteiger partial charge in [-0.05, 0) is 37.3 Å². The van der Waals surface area contributed by atoms with Gasteiger partial charge in [-0.15, -0.1) is 11.3 Å². The van der Waals surface area contributed by atoms with Crippen LogP contribution < -0.4 is 0 Å². The van der Waals surface area contributed by atoms with Crippen molar-refractivity contribution in [3.8, 4) is 0 Å². The maximum Gasteiger partial charge on any atom is 0.185 e. The van der Waals surface area contributed by atoms with Crippen LogP contribution in [0.4, 0.5) is 0 Å². The third-order valence-electron chi connectivity index (χ3n) is 3.47. The Kier molecular flexibility index (Phi) is 5.13. The zero-order chi connectivity index (χ0) is 13.0. The molecule has 4 heteroatoms. The SMILES string of the molecule is CCc1ccc(C(=O)CS(=O)CC2CCCC2)s1. The lowest BCUT2D eigenvalue weighted by Crippen LogP contribution is -2.16. The summed E-state index contributed by atoms with van der Waals surface area (Å²) in [7, 11) is -0.976. The van der Waals surface area contributed by atoms with Crippen molar-refractivity contribution in [2.45, 2.75) is 39.0 Å². The van der Waals surface area contributed by atoms with Crippen LogP contribution in [0.25, 0.3) is 0 Å². The van der Waals surface area contributed by atoms with Crippen molar-refractivity contribution in [1.29, 1.82) is 0 Å². The lowest BCUT2D eigenvalue weighted by molar-refractivity contribution is 0.102. The Balaban J connectivity index is 1.84. The first kappa shape index (κ1) is 13.9. The highest BCUT2D eigenvalue weighted by Gasteiger charge is 2.20. The third-order valence-corrected chi connectivity index (χ3v) is 6.17. The van der Waals surface area contributed by atoms with Gasteiger partial charge in [-0.25, -0.2) is 0 Å². The monoisotopic (exact) mass is 284 g/mol. The summed E-state index contributed by atoms with van der Waals surface area (Å²) in [5, 5.41) is 0. The molecule has 0 N–H and O–H groups in total. The lowest BCUT2D eigenvalue weighted by Gasteiger charge is -2.07. The fraction of sp³-hybridized carbons (Fsp3) is 0.643. The summed E-state index contributed by atoms with van der Waals surface area (Å²) in [5.41, 5.74) is 0. The number of ketones is 1.